The Balaban J connectivity index is 2.23. The lowest BCUT2D eigenvalue weighted by Crippen LogP contribution is -2.03. The van der Waals surface area contributed by atoms with Crippen LogP contribution in [-0.4, -0.2) is 40.7 Å². The number of hydrogen-bond acceptors (Lipinski definition) is 5. The van der Waals surface area contributed by atoms with E-state index in [0.29, 0.717) is 0 Å². The van der Waals surface area contributed by atoms with Crippen LogP contribution in [0.3, 0.4) is 0 Å². The molecule has 1 aromatic carbocycles. The van der Waals surface area contributed by atoms with Crippen LogP contribution in [0.2, 0.25) is 0 Å². The number of carboxylic acids is 1. The number of H-pyrrole nitrogens is 1. The summed E-state index contributed by atoms with van der Waals surface area (Å²) < 4.78 is 23.3. The molecule has 0 atom stereocenters. The molecule has 2 aromatic rings. The molecular weight excluding hydrogens is 294 g/mol. The molecule has 0 unspecified atom stereocenters. The second-order valence-electron chi connectivity index (χ2n) is 4.17. The molecule has 2 N–H and O–H groups in total. The van der Waals surface area contributed by atoms with E-state index in [1.54, 1.807) is 25.1 Å². The summed E-state index contributed by atoms with van der Waals surface area (Å²) in [5.74, 6) is -1.13. The first-order valence-corrected chi connectivity index (χ1v) is 7.74. The number of rotatable bonds is 5. The molecule has 0 aliphatic carbocycles. The van der Waals surface area contributed by atoms with Crippen LogP contribution in [0.1, 0.15) is 28.7 Å². The van der Waals surface area contributed by atoms with Crippen molar-refractivity contribution in [1.29, 1.82) is 0 Å². The normalized spacial score (nSPS) is 11.9. The third-order valence-corrected chi connectivity index (χ3v) is 4.58. The molecule has 110 valence electrons. The molecule has 0 aliphatic heterocycles. The van der Waals surface area contributed by atoms with Crippen LogP contribution in [0.15, 0.2) is 29.2 Å². The van der Waals surface area contributed by atoms with Gasteiger partial charge in [0.05, 0.1) is 10.6 Å². The maximum Gasteiger partial charge on any atom is 0.358 e. The van der Waals surface area contributed by atoms with Crippen molar-refractivity contribution in [2.45, 2.75) is 11.8 Å². The number of aromatic nitrogens is 3. The highest BCUT2D eigenvalue weighted by Crippen LogP contribution is 2.14. The molecule has 7 nitrogen and oxygen atoms in total. The topological polar surface area (TPSA) is 113 Å². The Morgan fingerprint density at radius 2 is 1.90 bits per heavy atom. The fraction of sp³-hybridized carbons (Fsp3) is 0.154. The predicted molar refractivity (Wildman–Crippen MR) is 76.4 cm³/mol. The Kier molecular flexibility index (Phi) is 4.18. The van der Waals surface area contributed by atoms with Gasteiger partial charge in [0.25, 0.3) is 0 Å². The number of carboxylic acid groups (broad SMARTS) is 1. The Morgan fingerprint density at radius 3 is 2.48 bits per heavy atom. The number of aromatic carboxylic acids is 1. The van der Waals surface area contributed by atoms with Gasteiger partial charge in [0.2, 0.25) is 0 Å². The average molecular weight is 307 g/mol. The van der Waals surface area contributed by atoms with E-state index in [9.17, 15) is 13.2 Å². The molecular formula is C13H13N3O4S. The van der Waals surface area contributed by atoms with Crippen LogP contribution in [0.4, 0.5) is 0 Å². The number of hydrogen-bond donors (Lipinski definition) is 2. The number of nitrogens with one attached hydrogen (secondary N) is 1. The summed E-state index contributed by atoms with van der Waals surface area (Å²) in [7, 11) is -3.22. The Labute approximate surface area is 121 Å². The van der Waals surface area contributed by atoms with Crippen LogP contribution in [0.5, 0.6) is 0 Å². The van der Waals surface area contributed by atoms with Crippen LogP contribution in [-0.2, 0) is 9.84 Å². The van der Waals surface area contributed by atoms with Crippen LogP contribution < -0.4 is 0 Å². The second kappa shape index (κ2) is 5.88. The molecule has 0 radical (unpaired) electrons. The summed E-state index contributed by atoms with van der Waals surface area (Å²) >= 11 is 0. The van der Waals surface area contributed by atoms with Crippen molar-refractivity contribution >= 4 is 28.0 Å². The van der Waals surface area contributed by atoms with Crippen molar-refractivity contribution in [3.8, 4) is 0 Å². The molecule has 2 rings (SSSR count). The minimum atomic E-state index is -3.22. The van der Waals surface area contributed by atoms with E-state index in [-0.39, 0.29) is 22.0 Å². The van der Waals surface area contributed by atoms with E-state index >= 15 is 0 Å². The lowest BCUT2D eigenvalue weighted by atomic mass is 10.2. The summed E-state index contributed by atoms with van der Waals surface area (Å²) in [6, 6.07) is 6.30. The Hall–Kier alpha value is -2.48. The minimum Gasteiger partial charge on any atom is -0.476 e. The van der Waals surface area contributed by atoms with E-state index < -0.39 is 15.8 Å². The summed E-state index contributed by atoms with van der Waals surface area (Å²) in [4.78, 5) is 11.1. The highest BCUT2D eigenvalue weighted by molar-refractivity contribution is 7.91. The van der Waals surface area contributed by atoms with Gasteiger partial charge in [-0.15, -0.1) is 5.10 Å². The fourth-order valence-electron chi connectivity index (χ4n) is 1.64. The molecule has 0 saturated carbocycles. The quantitative estimate of drug-likeness (QED) is 0.864. The highest BCUT2D eigenvalue weighted by atomic mass is 32.2. The highest BCUT2D eigenvalue weighted by Gasteiger charge is 2.12. The van der Waals surface area contributed by atoms with Crippen molar-refractivity contribution in [2.75, 3.05) is 5.75 Å². The third kappa shape index (κ3) is 3.34. The van der Waals surface area contributed by atoms with E-state index in [2.05, 4.69) is 15.4 Å². The maximum atomic E-state index is 11.7. The number of carbonyl (C=O) groups is 1. The standard InChI is InChI=1S/C13H13N3O4S/c1-2-21(19,20)10-6-3-9(4-7-10)5-8-11-12(13(17)18)15-16-14-11/h3-8H,2H2,1H3,(H,17,18)(H,14,15,16). The molecule has 0 spiro atoms. The molecule has 1 aromatic heterocycles. The lowest BCUT2D eigenvalue weighted by molar-refractivity contribution is 0.0690. The summed E-state index contributed by atoms with van der Waals surface area (Å²) in [6.07, 6.45) is 3.13. The van der Waals surface area contributed by atoms with Gasteiger partial charge in [0.1, 0.15) is 5.69 Å². The zero-order chi connectivity index (χ0) is 15.5. The number of nitrogens with zero attached hydrogens (tertiary/aromatic N) is 2. The van der Waals surface area contributed by atoms with Crippen molar-refractivity contribution in [3.05, 3.63) is 41.2 Å². The van der Waals surface area contributed by atoms with Crippen LogP contribution in [0.25, 0.3) is 12.2 Å². The van der Waals surface area contributed by atoms with Crippen molar-refractivity contribution < 1.29 is 18.3 Å². The first-order valence-electron chi connectivity index (χ1n) is 6.09. The first-order chi connectivity index (χ1) is 9.94. The van der Waals surface area contributed by atoms with Crippen molar-refractivity contribution in [1.82, 2.24) is 15.4 Å². The third-order valence-electron chi connectivity index (χ3n) is 2.83. The molecule has 0 aliphatic rings. The van der Waals surface area contributed by atoms with Gasteiger partial charge in [-0.25, -0.2) is 13.2 Å². The minimum absolute atomic E-state index is 0.0447. The maximum absolute atomic E-state index is 11.7. The Morgan fingerprint density at radius 1 is 1.24 bits per heavy atom. The van der Waals surface area contributed by atoms with Crippen molar-refractivity contribution in [3.63, 3.8) is 0 Å². The van der Waals surface area contributed by atoms with Gasteiger partial charge in [0, 0.05) is 0 Å². The van der Waals surface area contributed by atoms with Crippen LogP contribution in [0, 0.1) is 0 Å². The number of aromatic amines is 1. The number of sulfone groups is 1. The molecule has 1 heterocycles. The largest absolute Gasteiger partial charge is 0.476 e. The Bertz CT molecular complexity index is 776. The van der Waals surface area contributed by atoms with Gasteiger partial charge in [-0.3, -0.25) is 0 Å². The zero-order valence-electron chi connectivity index (χ0n) is 11.1. The molecule has 0 bridgehead atoms. The van der Waals surface area contributed by atoms with Gasteiger partial charge in [-0.2, -0.15) is 10.3 Å². The summed E-state index contributed by atoms with van der Waals surface area (Å²) in [5.41, 5.74) is 0.758. The molecule has 8 heteroatoms. The SMILES string of the molecule is CCS(=O)(=O)c1ccc(C=Cc2n[nH]nc2C(=O)O)cc1. The zero-order valence-corrected chi connectivity index (χ0v) is 12.0. The molecule has 0 amide bonds. The molecule has 0 fully saturated rings. The molecule has 21 heavy (non-hydrogen) atoms. The van der Waals surface area contributed by atoms with E-state index in [1.807, 2.05) is 0 Å². The van der Waals surface area contributed by atoms with Gasteiger partial charge >= 0.3 is 5.97 Å². The van der Waals surface area contributed by atoms with E-state index in [1.165, 1.54) is 18.2 Å². The second-order valence-corrected chi connectivity index (χ2v) is 6.45. The lowest BCUT2D eigenvalue weighted by Gasteiger charge is -2.01. The van der Waals surface area contributed by atoms with E-state index in [0.717, 1.165) is 5.56 Å². The smallest absolute Gasteiger partial charge is 0.358 e. The fourth-order valence-corrected chi connectivity index (χ4v) is 2.52. The first kappa shape index (κ1) is 14.9. The monoisotopic (exact) mass is 307 g/mol. The van der Waals surface area contributed by atoms with Crippen LogP contribution >= 0.6 is 0 Å². The van der Waals surface area contributed by atoms with Gasteiger partial charge < -0.3 is 5.11 Å². The summed E-state index contributed by atoms with van der Waals surface area (Å²) in [6.45, 7) is 1.58. The van der Waals surface area contributed by atoms with E-state index in [4.69, 9.17) is 5.11 Å². The predicted octanol–water partition coefficient (Wildman–Crippen LogP) is 1.47. The van der Waals surface area contributed by atoms with Gasteiger partial charge in [-0.1, -0.05) is 25.1 Å². The average Bonchev–Trinajstić information content (AvgIpc) is 2.94. The van der Waals surface area contributed by atoms with Gasteiger partial charge in [-0.05, 0) is 23.8 Å². The molecule has 0 saturated heterocycles. The van der Waals surface area contributed by atoms with Gasteiger partial charge in [0.15, 0.2) is 15.5 Å². The van der Waals surface area contributed by atoms with Crippen molar-refractivity contribution in [2.24, 2.45) is 0 Å². The summed E-state index contributed by atoms with van der Waals surface area (Å²) in [5, 5.41) is 18.4. The number of benzene rings is 1.